The van der Waals surface area contributed by atoms with Gasteiger partial charge in [0.1, 0.15) is 5.75 Å². The van der Waals surface area contributed by atoms with Gasteiger partial charge in [-0.2, -0.15) is 0 Å². The number of hydrogen-bond donors (Lipinski definition) is 3. The minimum atomic E-state index is -0.324. The van der Waals surface area contributed by atoms with Gasteiger partial charge in [-0.05, 0) is 29.2 Å². The van der Waals surface area contributed by atoms with E-state index in [2.05, 4.69) is 5.32 Å². The third-order valence-electron chi connectivity index (χ3n) is 3.47. The first-order chi connectivity index (χ1) is 10.2. The highest BCUT2D eigenvalue weighted by Gasteiger charge is 2.13. The maximum absolute atomic E-state index is 12.2. The van der Waals surface area contributed by atoms with E-state index < -0.39 is 0 Å². The molecule has 4 heteroatoms. The highest BCUT2D eigenvalue weighted by molar-refractivity contribution is 5.97. The van der Waals surface area contributed by atoms with Crippen LogP contribution in [0.25, 0.3) is 0 Å². The SMILES string of the molecule is CCc1cccc(C(=O)NCc2ccccc2CO)c1O. The molecule has 3 N–H and O–H groups in total. The molecular weight excluding hydrogens is 266 g/mol. The van der Waals surface area contributed by atoms with Gasteiger partial charge in [-0.3, -0.25) is 4.79 Å². The largest absolute Gasteiger partial charge is 0.507 e. The molecule has 0 bridgehead atoms. The molecule has 1 amide bonds. The maximum atomic E-state index is 12.2. The monoisotopic (exact) mass is 285 g/mol. The van der Waals surface area contributed by atoms with Crippen LogP contribution in [0, 0.1) is 0 Å². The van der Waals surface area contributed by atoms with Gasteiger partial charge in [0.25, 0.3) is 5.91 Å². The van der Waals surface area contributed by atoms with Crippen molar-refractivity contribution in [2.75, 3.05) is 0 Å². The third kappa shape index (κ3) is 3.41. The molecule has 0 aliphatic carbocycles. The normalized spacial score (nSPS) is 10.4. The molecule has 2 rings (SSSR count). The number of aliphatic hydroxyl groups excluding tert-OH is 1. The molecule has 2 aromatic carbocycles. The summed E-state index contributed by atoms with van der Waals surface area (Å²) in [7, 11) is 0. The van der Waals surface area contributed by atoms with Gasteiger partial charge >= 0.3 is 0 Å². The van der Waals surface area contributed by atoms with Crippen LogP contribution >= 0.6 is 0 Å². The first-order valence-electron chi connectivity index (χ1n) is 6.94. The second kappa shape index (κ2) is 6.90. The lowest BCUT2D eigenvalue weighted by molar-refractivity contribution is 0.0947. The first kappa shape index (κ1) is 15.1. The zero-order valence-electron chi connectivity index (χ0n) is 12.0. The molecular formula is C17H19NO3. The van der Waals surface area contributed by atoms with Crippen LogP contribution in [0.1, 0.15) is 34.0 Å². The van der Waals surface area contributed by atoms with Crippen molar-refractivity contribution in [3.8, 4) is 5.75 Å². The summed E-state index contributed by atoms with van der Waals surface area (Å²) in [6.07, 6.45) is 0.667. The summed E-state index contributed by atoms with van der Waals surface area (Å²) in [5, 5.41) is 22.1. The van der Waals surface area contributed by atoms with Gasteiger partial charge in [-0.15, -0.1) is 0 Å². The summed E-state index contributed by atoms with van der Waals surface area (Å²) in [5.74, 6) is -0.288. The second-order valence-electron chi connectivity index (χ2n) is 4.78. The number of phenolic OH excluding ortho intramolecular Hbond substituents is 1. The van der Waals surface area contributed by atoms with E-state index in [0.717, 1.165) is 16.7 Å². The molecule has 0 aliphatic rings. The van der Waals surface area contributed by atoms with Crippen molar-refractivity contribution >= 4 is 5.91 Å². The average Bonchev–Trinajstić information content (AvgIpc) is 2.53. The van der Waals surface area contributed by atoms with E-state index in [1.165, 1.54) is 0 Å². The number of benzene rings is 2. The summed E-state index contributed by atoms with van der Waals surface area (Å²) in [6.45, 7) is 2.17. The van der Waals surface area contributed by atoms with E-state index in [1.54, 1.807) is 18.2 Å². The molecule has 21 heavy (non-hydrogen) atoms. The van der Waals surface area contributed by atoms with Crippen LogP contribution < -0.4 is 5.32 Å². The lowest BCUT2D eigenvalue weighted by atomic mass is 10.1. The number of hydrogen-bond acceptors (Lipinski definition) is 3. The van der Waals surface area contributed by atoms with Crippen molar-refractivity contribution in [1.82, 2.24) is 5.32 Å². The number of amides is 1. The number of aliphatic hydroxyl groups is 1. The quantitative estimate of drug-likeness (QED) is 0.790. The molecule has 0 aromatic heterocycles. The van der Waals surface area contributed by atoms with Crippen molar-refractivity contribution in [2.45, 2.75) is 26.5 Å². The van der Waals surface area contributed by atoms with Gasteiger partial charge in [-0.1, -0.05) is 43.3 Å². The summed E-state index contributed by atoms with van der Waals surface area (Å²) in [4.78, 5) is 12.2. The molecule has 110 valence electrons. The molecule has 0 saturated carbocycles. The van der Waals surface area contributed by atoms with E-state index in [-0.39, 0.29) is 23.8 Å². The predicted molar refractivity (Wildman–Crippen MR) is 81.0 cm³/mol. The summed E-state index contributed by atoms with van der Waals surface area (Å²) < 4.78 is 0. The van der Waals surface area contributed by atoms with Crippen molar-refractivity contribution in [2.24, 2.45) is 0 Å². The number of rotatable bonds is 5. The number of para-hydroxylation sites is 1. The summed E-state index contributed by atoms with van der Waals surface area (Å²) >= 11 is 0. The van der Waals surface area contributed by atoms with Gasteiger partial charge in [0.15, 0.2) is 0 Å². The third-order valence-corrected chi connectivity index (χ3v) is 3.47. The maximum Gasteiger partial charge on any atom is 0.255 e. The number of aryl methyl sites for hydroxylation is 1. The molecule has 0 aliphatic heterocycles. The fraction of sp³-hybridized carbons (Fsp3) is 0.235. The average molecular weight is 285 g/mol. The number of aromatic hydroxyl groups is 1. The summed E-state index contributed by atoms with van der Waals surface area (Å²) in [6, 6.07) is 12.5. The minimum absolute atomic E-state index is 0.0351. The van der Waals surface area contributed by atoms with E-state index in [9.17, 15) is 15.0 Å². The number of phenols is 1. The molecule has 0 saturated heterocycles. The highest BCUT2D eigenvalue weighted by atomic mass is 16.3. The van der Waals surface area contributed by atoms with Crippen molar-refractivity contribution < 1.29 is 15.0 Å². The lowest BCUT2D eigenvalue weighted by Gasteiger charge is -2.11. The van der Waals surface area contributed by atoms with Gasteiger partial charge in [-0.25, -0.2) is 0 Å². The number of carbonyl (C=O) groups is 1. The van der Waals surface area contributed by atoms with Gasteiger partial charge in [0.2, 0.25) is 0 Å². The number of carbonyl (C=O) groups excluding carboxylic acids is 1. The van der Waals surface area contributed by atoms with Crippen LogP contribution in [0.2, 0.25) is 0 Å². The standard InChI is InChI=1S/C17H19NO3/c1-2-12-8-5-9-15(16(12)20)17(21)18-10-13-6-3-4-7-14(13)11-19/h3-9,19-20H,2,10-11H2,1H3,(H,18,21). The molecule has 0 unspecified atom stereocenters. The predicted octanol–water partition coefficient (Wildman–Crippen LogP) is 2.38. The fourth-order valence-corrected chi connectivity index (χ4v) is 2.21. The van der Waals surface area contributed by atoms with Crippen LogP contribution in [0.5, 0.6) is 5.75 Å². The van der Waals surface area contributed by atoms with E-state index >= 15 is 0 Å². The highest BCUT2D eigenvalue weighted by Crippen LogP contribution is 2.22. The number of nitrogens with one attached hydrogen (secondary N) is 1. The molecule has 0 atom stereocenters. The molecule has 2 aromatic rings. The Balaban J connectivity index is 2.12. The Morgan fingerprint density at radius 3 is 2.38 bits per heavy atom. The van der Waals surface area contributed by atoms with Crippen molar-refractivity contribution in [3.05, 3.63) is 64.7 Å². The van der Waals surface area contributed by atoms with Crippen LogP contribution in [-0.4, -0.2) is 16.1 Å². The van der Waals surface area contributed by atoms with Crippen LogP contribution in [0.15, 0.2) is 42.5 Å². The second-order valence-corrected chi connectivity index (χ2v) is 4.78. The van der Waals surface area contributed by atoms with Gasteiger partial charge in [0, 0.05) is 6.54 Å². The van der Waals surface area contributed by atoms with E-state index in [4.69, 9.17) is 0 Å². The smallest absolute Gasteiger partial charge is 0.255 e. The van der Waals surface area contributed by atoms with Crippen molar-refractivity contribution in [1.29, 1.82) is 0 Å². The Bertz CT molecular complexity index is 638. The zero-order chi connectivity index (χ0) is 15.2. The zero-order valence-corrected chi connectivity index (χ0v) is 12.0. The van der Waals surface area contributed by atoms with Crippen LogP contribution in [0.3, 0.4) is 0 Å². The Kier molecular flexibility index (Phi) is 4.95. The van der Waals surface area contributed by atoms with Crippen molar-refractivity contribution in [3.63, 3.8) is 0 Å². The van der Waals surface area contributed by atoms with Crippen LogP contribution in [-0.2, 0) is 19.6 Å². The lowest BCUT2D eigenvalue weighted by Crippen LogP contribution is -2.23. The first-order valence-corrected chi connectivity index (χ1v) is 6.94. The van der Waals surface area contributed by atoms with Crippen LogP contribution in [0.4, 0.5) is 0 Å². The van der Waals surface area contributed by atoms with Gasteiger partial charge in [0.05, 0.1) is 12.2 Å². The molecule has 4 nitrogen and oxygen atoms in total. The fourth-order valence-electron chi connectivity index (χ4n) is 2.21. The molecule has 0 radical (unpaired) electrons. The Labute approximate surface area is 124 Å². The molecule has 0 fully saturated rings. The summed E-state index contributed by atoms with van der Waals surface area (Å²) in [5.41, 5.74) is 2.66. The van der Waals surface area contributed by atoms with E-state index in [1.807, 2.05) is 31.2 Å². The Morgan fingerprint density at radius 2 is 1.71 bits per heavy atom. The van der Waals surface area contributed by atoms with Gasteiger partial charge < -0.3 is 15.5 Å². The van der Waals surface area contributed by atoms with E-state index in [0.29, 0.717) is 13.0 Å². The minimum Gasteiger partial charge on any atom is -0.507 e. The Hall–Kier alpha value is -2.33. The topological polar surface area (TPSA) is 69.6 Å². The Morgan fingerprint density at radius 1 is 1.05 bits per heavy atom. The molecule has 0 spiro atoms. The molecule has 0 heterocycles.